The van der Waals surface area contributed by atoms with Gasteiger partial charge in [0, 0.05) is 23.4 Å². The van der Waals surface area contributed by atoms with E-state index in [9.17, 15) is 4.79 Å². The molecule has 6 heteroatoms. The molecular formula is C12H11BrClN3O. The van der Waals surface area contributed by atoms with E-state index in [1.807, 2.05) is 23.8 Å². The van der Waals surface area contributed by atoms with E-state index in [-0.39, 0.29) is 11.1 Å². The van der Waals surface area contributed by atoms with Gasteiger partial charge in [-0.25, -0.2) is 4.98 Å². The second-order valence-electron chi connectivity index (χ2n) is 3.63. The van der Waals surface area contributed by atoms with Gasteiger partial charge in [-0.15, -0.1) is 0 Å². The highest BCUT2D eigenvalue weighted by Crippen LogP contribution is 2.23. The monoisotopic (exact) mass is 327 g/mol. The van der Waals surface area contributed by atoms with E-state index < -0.39 is 0 Å². The summed E-state index contributed by atoms with van der Waals surface area (Å²) < 4.78 is 2.61. The molecule has 0 aromatic carbocycles. The molecule has 0 bridgehead atoms. The Kier molecular flexibility index (Phi) is 4.04. The predicted octanol–water partition coefficient (Wildman–Crippen LogP) is 3.57. The minimum atomic E-state index is -0.205. The molecule has 2 heterocycles. The summed E-state index contributed by atoms with van der Waals surface area (Å²) in [5, 5.41) is 3.01. The predicted molar refractivity (Wildman–Crippen MR) is 75.0 cm³/mol. The number of hydrogen-bond acceptors (Lipinski definition) is 2. The molecule has 2 aromatic rings. The van der Waals surface area contributed by atoms with Crippen molar-refractivity contribution in [2.45, 2.75) is 13.5 Å². The number of rotatable bonds is 3. The number of hydrogen-bond donors (Lipinski definition) is 1. The average Bonchev–Trinajstić information content (AvgIpc) is 2.82. The molecule has 18 heavy (non-hydrogen) atoms. The third kappa shape index (κ3) is 2.73. The number of pyridine rings is 1. The number of anilines is 1. The zero-order valence-corrected chi connectivity index (χ0v) is 12.0. The number of nitrogens with zero attached hydrogens (tertiary/aromatic N) is 2. The van der Waals surface area contributed by atoms with Gasteiger partial charge >= 0.3 is 0 Å². The van der Waals surface area contributed by atoms with Crippen LogP contribution in [0.3, 0.4) is 0 Å². The van der Waals surface area contributed by atoms with Gasteiger partial charge in [-0.3, -0.25) is 4.79 Å². The molecule has 94 valence electrons. The van der Waals surface area contributed by atoms with Crippen LogP contribution >= 0.6 is 27.5 Å². The van der Waals surface area contributed by atoms with Crippen LogP contribution < -0.4 is 5.32 Å². The zero-order valence-electron chi connectivity index (χ0n) is 9.65. The number of aromatic nitrogens is 2. The fourth-order valence-corrected chi connectivity index (χ4v) is 2.07. The van der Waals surface area contributed by atoms with E-state index in [2.05, 4.69) is 26.2 Å². The third-order valence-electron chi connectivity index (χ3n) is 2.46. The van der Waals surface area contributed by atoms with Gasteiger partial charge in [-0.1, -0.05) is 11.6 Å². The molecule has 0 unspecified atom stereocenters. The molecule has 1 N–H and O–H groups in total. The molecule has 0 saturated heterocycles. The van der Waals surface area contributed by atoms with E-state index in [0.717, 1.165) is 11.0 Å². The number of nitrogens with one attached hydrogen (secondary N) is 1. The summed E-state index contributed by atoms with van der Waals surface area (Å²) in [7, 11) is 0. The lowest BCUT2D eigenvalue weighted by atomic mass is 10.3. The van der Waals surface area contributed by atoms with Crippen molar-refractivity contribution in [3.05, 3.63) is 45.9 Å². The van der Waals surface area contributed by atoms with E-state index in [0.29, 0.717) is 11.4 Å². The van der Waals surface area contributed by atoms with Crippen LogP contribution in [-0.2, 0) is 6.54 Å². The first-order valence-electron chi connectivity index (χ1n) is 5.39. The Bertz CT molecular complexity index is 582. The van der Waals surface area contributed by atoms with Gasteiger partial charge in [0.1, 0.15) is 5.69 Å². The lowest BCUT2D eigenvalue weighted by Crippen LogP contribution is -2.16. The van der Waals surface area contributed by atoms with Crippen molar-refractivity contribution in [3.63, 3.8) is 0 Å². The lowest BCUT2D eigenvalue weighted by Gasteiger charge is -2.09. The van der Waals surface area contributed by atoms with Gasteiger partial charge in [-0.2, -0.15) is 0 Å². The minimum Gasteiger partial charge on any atom is -0.344 e. The van der Waals surface area contributed by atoms with Gasteiger partial charge < -0.3 is 9.88 Å². The molecule has 0 radical (unpaired) electrons. The smallest absolute Gasteiger partial charge is 0.272 e. The molecule has 0 aliphatic carbocycles. The normalized spacial score (nSPS) is 10.4. The van der Waals surface area contributed by atoms with Crippen LogP contribution in [0, 0.1) is 0 Å². The van der Waals surface area contributed by atoms with E-state index >= 15 is 0 Å². The van der Waals surface area contributed by atoms with Crippen molar-refractivity contribution in [2.24, 2.45) is 0 Å². The van der Waals surface area contributed by atoms with Crippen LogP contribution in [0.2, 0.25) is 5.15 Å². The van der Waals surface area contributed by atoms with Crippen LogP contribution in [0.15, 0.2) is 35.1 Å². The number of carbonyl (C=O) groups excluding carboxylic acids is 1. The molecule has 1 amide bonds. The first-order chi connectivity index (χ1) is 8.61. The summed E-state index contributed by atoms with van der Waals surface area (Å²) in [4.78, 5) is 16.0. The van der Waals surface area contributed by atoms with Crippen LogP contribution in [0.25, 0.3) is 0 Å². The van der Waals surface area contributed by atoms with Crippen LogP contribution in [-0.4, -0.2) is 15.5 Å². The van der Waals surface area contributed by atoms with Crippen molar-refractivity contribution < 1.29 is 4.79 Å². The Morgan fingerprint density at radius 1 is 1.61 bits per heavy atom. The molecule has 0 spiro atoms. The highest BCUT2D eigenvalue weighted by atomic mass is 79.9. The lowest BCUT2D eigenvalue weighted by molar-refractivity contribution is 0.101. The Labute approximate surface area is 118 Å². The minimum absolute atomic E-state index is 0.205. The topological polar surface area (TPSA) is 46.9 Å². The van der Waals surface area contributed by atoms with Crippen LogP contribution in [0.1, 0.15) is 17.4 Å². The average molecular weight is 329 g/mol. The molecular weight excluding hydrogens is 318 g/mol. The maximum Gasteiger partial charge on any atom is 0.272 e. The largest absolute Gasteiger partial charge is 0.344 e. The van der Waals surface area contributed by atoms with Crippen molar-refractivity contribution in [1.82, 2.24) is 9.55 Å². The first-order valence-corrected chi connectivity index (χ1v) is 6.56. The first kappa shape index (κ1) is 13.1. The SMILES string of the molecule is CCn1cccc1C(=O)Nc1cc(Br)cnc1Cl. The molecule has 0 aliphatic heterocycles. The van der Waals surface area contributed by atoms with Gasteiger partial charge in [0.05, 0.1) is 5.69 Å². The maximum absolute atomic E-state index is 12.1. The fourth-order valence-electron chi connectivity index (χ4n) is 1.59. The van der Waals surface area contributed by atoms with Gasteiger partial charge in [0.2, 0.25) is 0 Å². The van der Waals surface area contributed by atoms with Crippen LogP contribution in [0.5, 0.6) is 0 Å². The number of halogens is 2. The van der Waals surface area contributed by atoms with Gasteiger partial charge in [0.15, 0.2) is 5.15 Å². The molecule has 0 saturated carbocycles. The molecule has 0 fully saturated rings. The number of amides is 1. The zero-order chi connectivity index (χ0) is 13.1. The summed E-state index contributed by atoms with van der Waals surface area (Å²) in [6.07, 6.45) is 3.43. The Balaban J connectivity index is 2.24. The fraction of sp³-hybridized carbons (Fsp3) is 0.167. The van der Waals surface area contributed by atoms with Gasteiger partial charge in [-0.05, 0) is 41.1 Å². The Morgan fingerprint density at radius 2 is 2.39 bits per heavy atom. The van der Waals surface area contributed by atoms with E-state index in [1.54, 1.807) is 18.3 Å². The van der Waals surface area contributed by atoms with E-state index in [4.69, 9.17) is 11.6 Å². The van der Waals surface area contributed by atoms with Crippen molar-refractivity contribution in [3.8, 4) is 0 Å². The molecule has 0 atom stereocenters. The third-order valence-corrected chi connectivity index (χ3v) is 3.19. The highest BCUT2D eigenvalue weighted by Gasteiger charge is 2.12. The Morgan fingerprint density at radius 3 is 3.11 bits per heavy atom. The summed E-state index contributed by atoms with van der Waals surface area (Å²) in [5.74, 6) is -0.205. The second kappa shape index (κ2) is 5.54. The summed E-state index contributed by atoms with van der Waals surface area (Å²) in [6.45, 7) is 2.71. The maximum atomic E-state index is 12.1. The van der Waals surface area contributed by atoms with Crippen LogP contribution in [0.4, 0.5) is 5.69 Å². The van der Waals surface area contributed by atoms with Gasteiger partial charge in [0.25, 0.3) is 5.91 Å². The van der Waals surface area contributed by atoms with Crippen molar-refractivity contribution >= 4 is 39.1 Å². The summed E-state index contributed by atoms with van der Waals surface area (Å²) >= 11 is 9.21. The molecule has 2 aromatic heterocycles. The summed E-state index contributed by atoms with van der Waals surface area (Å²) in [6, 6.07) is 5.31. The van der Waals surface area contributed by atoms with Crippen molar-refractivity contribution in [2.75, 3.05) is 5.32 Å². The Hall–Kier alpha value is -1.33. The molecule has 0 aliphatic rings. The number of carbonyl (C=O) groups is 1. The molecule has 4 nitrogen and oxygen atoms in total. The summed E-state index contributed by atoms with van der Waals surface area (Å²) in [5.41, 5.74) is 1.08. The quantitative estimate of drug-likeness (QED) is 0.876. The highest BCUT2D eigenvalue weighted by molar-refractivity contribution is 9.10. The second-order valence-corrected chi connectivity index (χ2v) is 4.90. The standard InChI is InChI=1S/C12H11BrClN3O/c1-2-17-5-3-4-10(17)12(18)16-9-6-8(13)7-15-11(9)14/h3-7H,2H2,1H3,(H,16,18). The van der Waals surface area contributed by atoms with E-state index in [1.165, 1.54) is 0 Å². The van der Waals surface area contributed by atoms with Crippen molar-refractivity contribution in [1.29, 1.82) is 0 Å². The number of aryl methyl sites for hydroxylation is 1. The molecule has 2 rings (SSSR count).